The van der Waals surface area contributed by atoms with Crippen LogP contribution in [0.2, 0.25) is 0 Å². The molecule has 21 heavy (non-hydrogen) atoms. The SMILES string of the molecule is O=C(O)Cc1cc([N+](=O)[O-])ccc1Sc1ccc(I)cc1. The van der Waals surface area contributed by atoms with Gasteiger partial charge in [-0.15, -0.1) is 0 Å². The topological polar surface area (TPSA) is 80.4 Å². The number of aliphatic carboxylic acids is 1. The third-order valence-electron chi connectivity index (χ3n) is 2.64. The number of carboxylic acids is 1. The third-order valence-corrected chi connectivity index (χ3v) is 4.48. The van der Waals surface area contributed by atoms with Gasteiger partial charge in [-0.3, -0.25) is 14.9 Å². The van der Waals surface area contributed by atoms with Gasteiger partial charge in [0.1, 0.15) is 0 Å². The lowest BCUT2D eigenvalue weighted by atomic mass is 10.1. The number of carbonyl (C=O) groups is 1. The average molecular weight is 415 g/mol. The second-order valence-electron chi connectivity index (χ2n) is 4.18. The summed E-state index contributed by atoms with van der Waals surface area (Å²) in [5.41, 5.74) is 0.346. The highest BCUT2D eigenvalue weighted by Gasteiger charge is 2.14. The van der Waals surface area contributed by atoms with Crippen LogP contribution in [-0.2, 0) is 11.2 Å². The quantitative estimate of drug-likeness (QED) is 0.454. The van der Waals surface area contributed by atoms with E-state index >= 15 is 0 Å². The minimum absolute atomic E-state index is 0.0989. The zero-order valence-electron chi connectivity index (χ0n) is 10.7. The Morgan fingerprint density at radius 3 is 2.48 bits per heavy atom. The van der Waals surface area contributed by atoms with E-state index in [1.807, 2.05) is 24.3 Å². The molecule has 0 aliphatic rings. The molecule has 2 rings (SSSR count). The van der Waals surface area contributed by atoms with Gasteiger partial charge in [-0.25, -0.2) is 0 Å². The molecule has 0 atom stereocenters. The van der Waals surface area contributed by atoms with Crippen molar-refractivity contribution in [2.24, 2.45) is 0 Å². The lowest BCUT2D eigenvalue weighted by Gasteiger charge is -2.07. The van der Waals surface area contributed by atoms with Gasteiger partial charge in [0.2, 0.25) is 0 Å². The number of benzene rings is 2. The summed E-state index contributed by atoms with van der Waals surface area (Å²) in [4.78, 5) is 22.9. The molecule has 0 aliphatic carbocycles. The van der Waals surface area contributed by atoms with Gasteiger partial charge in [-0.1, -0.05) is 11.8 Å². The number of nitrogens with zero attached hydrogens (tertiary/aromatic N) is 1. The number of non-ortho nitro benzene ring substituents is 1. The van der Waals surface area contributed by atoms with Crippen molar-refractivity contribution in [2.45, 2.75) is 16.2 Å². The summed E-state index contributed by atoms with van der Waals surface area (Å²) >= 11 is 3.60. The van der Waals surface area contributed by atoms with Gasteiger partial charge in [0, 0.05) is 25.5 Å². The molecule has 5 nitrogen and oxygen atoms in total. The van der Waals surface area contributed by atoms with Crippen LogP contribution in [0.15, 0.2) is 52.3 Å². The van der Waals surface area contributed by atoms with Gasteiger partial charge >= 0.3 is 5.97 Å². The second-order valence-corrected chi connectivity index (χ2v) is 6.54. The van der Waals surface area contributed by atoms with Crippen molar-refractivity contribution in [3.05, 3.63) is 61.7 Å². The summed E-state index contributed by atoms with van der Waals surface area (Å²) in [5, 5.41) is 19.7. The fraction of sp³-hybridized carbons (Fsp3) is 0.0714. The van der Waals surface area contributed by atoms with Gasteiger partial charge in [0.25, 0.3) is 5.69 Å². The Kier molecular flexibility index (Phi) is 5.18. The van der Waals surface area contributed by atoms with Crippen LogP contribution in [-0.4, -0.2) is 16.0 Å². The molecule has 0 fully saturated rings. The Morgan fingerprint density at radius 2 is 1.90 bits per heavy atom. The van der Waals surface area contributed by atoms with Crippen LogP contribution in [0.25, 0.3) is 0 Å². The van der Waals surface area contributed by atoms with E-state index in [-0.39, 0.29) is 12.1 Å². The normalized spacial score (nSPS) is 10.3. The maximum Gasteiger partial charge on any atom is 0.307 e. The van der Waals surface area contributed by atoms with E-state index in [0.717, 1.165) is 8.47 Å². The maximum atomic E-state index is 10.9. The molecule has 0 aromatic heterocycles. The molecule has 2 aromatic rings. The van der Waals surface area contributed by atoms with Crippen LogP contribution in [0.4, 0.5) is 5.69 Å². The van der Waals surface area contributed by atoms with Crippen LogP contribution in [0, 0.1) is 13.7 Å². The molecular weight excluding hydrogens is 405 g/mol. The van der Waals surface area contributed by atoms with Crippen molar-refractivity contribution in [3.8, 4) is 0 Å². The van der Waals surface area contributed by atoms with E-state index in [9.17, 15) is 14.9 Å². The number of rotatable bonds is 5. The van der Waals surface area contributed by atoms with Gasteiger partial charge in [-0.2, -0.15) is 0 Å². The lowest BCUT2D eigenvalue weighted by Crippen LogP contribution is -2.02. The smallest absolute Gasteiger partial charge is 0.307 e. The summed E-state index contributed by atoms with van der Waals surface area (Å²) in [6.07, 6.45) is -0.242. The van der Waals surface area contributed by atoms with Crippen LogP contribution in [0.3, 0.4) is 0 Å². The molecule has 0 saturated heterocycles. The minimum atomic E-state index is -1.01. The van der Waals surface area contributed by atoms with Crippen LogP contribution in [0.1, 0.15) is 5.56 Å². The number of hydrogen-bond donors (Lipinski definition) is 1. The third kappa shape index (κ3) is 4.43. The predicted octanol–water partition coefficient (Wildman–Crippen LogP) is 3.98. The summed E-state index contributed by atoms with van der Waals surface area (Å²) in [7, 11) is 0. The van der Waals surface area contributed by atoms with Crippen molar-refractivity contribution < 1.29 is 14.8 Å². The van der Waals surface area contributed by atoms with Crippen molar-refractivity contribution in [1.82, 2.24) is 0 Å². The molecule has 2 aromatic carbocycles. The Balaban J connectivity index is 2.34. The molecule has 0 unspecified atom stereocenters. The monoisotopic (exact) mass is 415 g/mol. The molecule has 0 spiro atoms. The van der Waals surface area contributed by atoms with E-state index in [2.05, 4.69) is 22.6 Å². The molecule has 0 radical (unpaired) electrons. The van der Waals surface area contributed by atoms with Crippen molar-refractivity contribution in [3.63, 3.8) is 0 Å². The molecule has 108 valence electrons. The molecule has 0 saturated carbocycles. The Hall–Kier alpha value is -1.61. The molecule has 7 heteroatoms. The maximum absolute atomic E-state index is 10.9. The largest absolute Gasteiger partial charge is 0.481 e. The van der Waals surface area contributed by atoms with Gasteiger partial charge in [0.15, 0.2) is 0 Å². The first-order valence-corrected chi connectivity index (χ1v) is 7.78. The van der Waals surface area contributed by atoms with Crippen molar-refractivity contribution in [2.75, 3.05) is 0 Å². The zero-order chi connectivity index (χ0) is 15.4. The van der Waals surface area contributed by atoms with Gasteiger partial charge in [0.05, 0.1) is 11.3 Å². The second kappa shape index (κ2) is 6.90. The van der Waals surface area contributed by atoms with Gasteiger partial charge < -0.3 is 5.11 Å². The van der Waals surface area contributed by atoms with E-state index in [0.29, 0.717) is 10.5 Å². The predicted molar refractivity (Wildman–Crippen MR) is 87.7 cm³/mol. The Bertz CT molecular complexity index is 688. The van der Waals surface area contributed by atoms with E-state index < -0.39 is 10.9 Å². The first-order valence-electron chi connectivity index (χ1n) is 5.88. The van der Waals surface area contributed by atoms with Crippen LogP contribution in [0.5, 0.6) is 0 Å². The van der Waals surface area contributed by atoms with Crippen LogP contribution >= 0.6 is 34.4 Å². The molecule has 0 aliphatic heterocycles. The first-order chi connectivity index (χ1) is 9.95. The molecular formula is C14H10INO4S. The minimum Gasteiger partial charge on any atom is -0.481 e. The fourth-order valence-electron chi connectivity index (χ4n) is 1.71. The van der Waals surface area contributed by atoms with E-state index in [1.54, 1.807) is 6.07 Å². The summed E-state index contributed by atoms with van der Waals surface area (Å²) in [5.74, 6) is -1.01. The Labute approximate surface area is 138 Å². The van der Waals surface area contributed by atoms with Gasteiger partial charge in [-0.05, 0) is 58.5 Å². The highest BCUT2D eigenvalue weighted by atomic mass is 127. The highest BCUT2D eigenvalue weighted by molar-refractivity contribution is 14.1. The zero-order valence-corrected chi connectivity index (χ0v) is 13.6. The number of hydrogen-bond acceptors (Lipinski definition) is 4. The standard InChI is InChI=1S/C14H10INO4S/c15-10-1-4-12(5-2-10)21-13-6-3-11(16(19)20)7-9(13)8-14(17)18/h1-7H,8H2,(H,17,18). The van der Waals surface area contributed by atoms with E-state index in [1.165, 1.54) is 23.9 Å². The molecule has 1 N–H and O–H groups in total. The van der Waals surface area contributed by atoms with Crippen LogP contribution < -0.4 is 0 Å². The summed E-state index contributed by atoms with van der Waals surface area (Å²) < 4.78 is 1.10. The first kappa shape index (κ1) is 15.8. The number of halogens is 1. The number of carboxylic acid groups (broad SMARTS) is 1. The van der Waals surface area contributed by atoms with Crippen molar-refractivity contribution in [1.29, 1.82) is 0 Å². The molecule has 0 bridgehead atoms. The number of nitro benzene ring substituents is 1. The molecule has 0 heterocycles. The molecule has 0 amide bonds. The lowest BCUT2D eigenvalue weighted by molar-refractivity contribution is -0.385. The highest BCUT2D eigenvalue weighted by Crippen LogP contribution is 2.33. The number of nitro groups is 1. The summed E-state index contributed by atoms with van der Waals surface area (Å²) in [6.45, 7) is 0. The Morgan fingerprint density at radius 1 is 1.24 bits per heavy atom. The average Bonchev–Trinajstić information content (AvgIpc) is 2.42. The van der Waals surface area contributed by atoms with Crippen molar-refractivity contribution >= 4 is 46.0 Å². The fourth-order valence-corrected chi connectivity index (χ4v) is 2.99. The van der Waals surface area contributed by atoms with E-state index in [4.69, 9.17) is 5.11 Å². The summed E-state index contributed by atoms with van der Waals surface area (Å²) in [6, 6.07) is 12.1.